The lowest BCUT2D eigenvalue weighted by atomic mass is 10.0. The van der Waals surface area contributed by atoms with Crippen LogP contribution in [0.2, 0.25) is 0 Å². The molecule has 0 aliphatic carbocycles. The van der Waals surface area contributed by atoms with E-state index in [1.165, 1.54) is 18.6 Å². The molecule has 1 N–H and O–H groups in total. The van der Waals surface area contributed by atoms with Gasteiger partial charge in [-0.15, -0.1) is 0 Å². The van der Waals surface area contributed by atoms with E-state index in [1.54, 1.807) is 18.3 Å². The Balaban J connectivity index is 1.60. The molecule has 0 saturated carbocycles. The molecule has 1 saturated heterocycles. The van der Waals surface area contributed by atoms with Crippen LogP contribution in [0.5, 0.6) is 0 Å². The Morgan fingerprint density at radius 3 is 2.62 bits per heavy atom. The van der Waals surface area contributed by atoms with E-state index in [0.29, 0.717) is 6.54 Å². The molecule has 1 aromatic carbocycles. The molecule has 0 bridgehead atoms. The standard InChI is InChI=1S/C20H27FN4O/c1-16-22-11-15-24(16)14-5-10-23-20(26)19(25-12-3-2-4-13-25)17-6-8-18(21)9-7-17/h6-9,11,15,19H,2-5,10,12-14H2,1H3,(H,23,26). The minimum absolute atomic E-state index is 0.000797. The predicted molar refractivity (Wildman–Crippen MR) is 99.2 cm³/mol. The Morgan fingerprint density at radius 1 is 1.23 bits per heavy atom. The first kappa shape index (κ1) is 18.6. The number of nitrogens with zero attached hydrogens (tertiary/aromatic N) is 3. The normalized spacial score (nSPS) is 16.4. The molecule has 5 nitrogen and oxygen atoms in total. The molecule has 2 heterocycles. The Labute approximate surface area is 154 Å². The van der Waals surface area contributed by atoms with Crippen molar-refractivity contribution in [3.05, 3.63) is 53.9 Å². The Kier molecular flexibility index (Phi) is 6.39. The molecule has 1 fully saturated rings. The second-order valence-electron chi connectivity index (χ2n) is 6.86. The fraction of sp³-hybridized carbons (Fsp3) is 0.500. The molecular weight excluding hydrogens is 331 g/mol. The lowest BCUT2D eigenvalue weighted by molar-refractivity contribution is -0.127. The van der Waals surface area contributed by atoms with Crippen molar-refractivity contribution < 1.29 is 9.18 Å². The van der Waals surface area contributed by atoms with Gasteiger partial charge in [0, 0.05) is 25.5 Å². The number of amides is 1. The van der Waals surface area contributed by atoms with E-state index in [9.17, 15) is 9.18 Å². The number of carbonyl (C=O) groups is 1. The van der Waals surface area contributed by atoms with Crippen LogP contribution in [0, 0.1) is 12.7 Å². The highest BCUT2D eigenvalue weighted by molar-refractivity contribution is 5.83. The number of halogens is 1. The molecule has 1 unspecified atom stereocenters. The van der Waals surface area contributed by atoms with E-state index in [-0.39, 0.29) is 17.8 Å². The molecule has 1 atom stereocenters. The van der Waals surface area contributed by atoms with Crippen LogP contribution in [-0.4, -0.2) is 40.0 Å². The van der Waals surface area contributed by atoms with Crippen LogP contribution in [0.3, 0.4) is 0 Å². The zero-order chi connectivity index (χ0) is 18.4. The van der Waals surface area contributed by atoms with E-state index in [1.807, 2.05) is 13.1 Å². The third-order valence-electron chi connectivity index (χ3n) is 4.99. The van der Waals surface area contributed by atoms with Crippen LogP contribution in [0.4, 0.5) is 4.39 Å². The molecule has 1 aromatic heterocycles. The van der Waals surface area contributed by atoms with Crippen molar-refractivity contribution in [2.45, 2.75) is 45.2 Å². The highest BCUT2D eigenvalue weighted by Gasteiger charge is 2.28. The fourth-order valence-corrected chi connectivity index (χ4v) is 3.55. The number of nitrogens with one attached hydrogen (secondary N) is 1. The first-order valence-corrected chi connectivity index (χ1v) is 9.40. The van der Waals surface area contributed by atoms with E-state index in [2.05, 4.69) is 19.8 Å². The van der Waals surface area contributed by atoms with Gasteiger partial charge in [-0.05, 0) is 57.0 Å². The maximum atomic E-state index is 13.3. The van der Waals surface area contributed by atoms with Crippen LogP contribution in [-0.2, 0) is 11.3 Å². The number of likely N-dealkylation sites (tertiary alicyclic amines) is 1. The summed E-state index contributed by atoms with van der Waals surface area (Å²) >= 11 is 0. The van der Waals surface area contributed by atoms with Crippen molar-refractivity contribution in [3.63, 3.8) is 0 Å². The van der Waals surface area contributed by atoms with Crippen LogP contribution < -0.4 is 5.32 Å². The fourth-order valence-electron chi connectivity index (χ4n) is 3.55. The van der Waals surface area contributed by atoms with Gasteiger partial charge in [0.25, 0.3) is 0 Å². The lowest BCUT2D eigenvalue weighted by Gasteiger charge is -2.34. The van der Waals surface area contributed by atoms with Gasteiger partial charge >= 0.3 is 0 Å². The second-order valence-corrected chi connectivity index (χ2v) is 6.86. The molecule has 1 aliphatic heterocycles. The highest BCUT2D eigenvalue weighted by Crippen LogP contribution is 2.25. The van der Waals surface area contributed by atoms with Gasteiger partial charge < -0.3 is 9.88 Å². The number of rotatable bonds is 7. The van der Waals surface area contributed by atoms with Gasteiger partial charge in [-0.25, -0.2) is 9.37 Å². The zero-order valence-corrected chi connectivity index (χ0v) is 15.3. The first-order chi connectivity index (χ1) is 12.6. The molecule has 0 spiro atoms. The number of hydrogen-bond donors (Lipinski definition) is 1. The van der Waals surface area contributed by atoms with Gasteiger partial charge in [-0.2, -0.15) is 0 Å². The largest absolute Gasteiger partial charge is 0.354 e. The van der Waals surface area contributed by atoms with Gasteiger partial charge in [0.05, 0.1) is 0 Å². The van der Waals surface area contributed by atoms with Crippen molar-refractivity contribution in [1.29, 1.82) is 0 Å². The minimum Gasteiger partial charge on any atom is -0.354 e. The van der Waals surface area contributed by atoms with Crippen LogP contribution >= 0.6 is 0 Å². The molecule has 140 valence electrons. The molecule has 1 amide bonds. The summed E-state index contributed by atoms with van der Waals surface area (Å²) in [7, 11) is 0. The van der Waals surface area contributed by atoms with E-state index in [4.69, 9.17) is 0 Å². The third-order valence-corrected chi connectivity index (χ3v) is 4.99. The molecule has 2 aromatic rings. The molecule has 26 heavy (non-hydrogen) atoms. The van der Waals surface area contributed by atoms with Gasteiger partial charge in [-0.3, -0.25) is 9.69 Å². The van der Waals surface area contributed by atoms with Crippen LogP contribution in [0.15, 0.2) is 36.7 Å². The highest BCUT2D eigenvalue weighted by atomic mass is 19.1. The van der Waals surface area contributed by atoms with Crippen LogP contribution in [0.25, 0.3) is 0 Å². The summed E-state index contributed by atoms with van der Waals surface area (Å²) in [6, 6.07) is 5.97. The summed E-state index contributed by atoms with van der Waals surface area (Å²) in [6.07, 6.45) is 7.99. The Bertz CT molecular complexity index is 707. The zero-order valence-electron chi connectivity index (χ0n) is 15.3. The van der Waals surface area contributed by atoms with Crippen molar-refractivity contribution >= 4 is 5.91 Å². The van der Waals surface area contributed by atoms with Crippen molar-refractivity contribution in [1.82, 2.24) is 19.8 Å². The SMILES string of the molecule is Cc1nccn1CCCNC(=O)C(c1ccc(F)cc1)N1CCCCC1. The number of benzene rings is 1. The quantitative estimate of drug-likeness (QED) is 0.774. The summed E-state index contributed by atoms with van der Waals surface area (Å²) in [5.74, 6) is 0.706. The average molecular weight is 358 g/mol. The number of aryl methyl sites for hydroxylation is 2. The van der Waals surface area contributed by atoms with Gasteiger partial charge in [0.15, 0.2) is 0 Å². The summed E-state index contributed by atoms with van der Waals surface area (Å²) < 4.78 is 15.4. The van der Waals surface area contributed by atoms with Crippen molar-refractivity contribution in [3.8, 4) is 0 Å². The first-order valence-electron chi connectivity index (χ1n) is 9.40. The third kappa shape index (κ3) is 4.69. The van der Waals surface area contributed by atoms with Crippen LogP contribution in [0.1, 0.15) is 43.1 Å². The Morgan fingerprint density at radius 2 is 1.96 bits per heavy atom. The van der Waals surface area contributed by atoms with Gasteiger partial charge in [0.1, 0.15) is 17.7 Å². The smallest absolute Gasteiger partial charge is 0.241 e. The summed E-state index contributed by atoms with van der Waals surface area (Å²) in [6.45, 7) is 5.23. The Hall–Kier alpha value is -2.21. The maximum Gasteiger partial charge on any atom is 0.241 e. The predicted octanol–water partition coefficient (Wildman–Crippen LogP) is 3.06. The monoisotopic (exact) mass is 358 g/mol. The summed E-state index contributed by atoms with van der Waals surface area (Å²) in [4.78, 5) is 19.3. The number of carbonyl (C=O) groups excluding carboxylic acids is 1. The van der Waals surface area contributed by atoms with Crippen molar-refractivity contribution in [2.75, 3.05) is 19.6 Å². The molecule has 6 heteroatoms. The van der Waals surface area contributed by atoms with Gasteiger partial charge in [0.2, 0.25) is 5.91 Å². The number of imidazole rings is 1. The molecule has 0 radical (unpaired) electrons. The number of hydrogen-bond acceptors (Lipinski definition) is 3. The van der Waals surface area contributed by atoms with Gasteiger partial charge in [-0.1, -0.05) is 18.6 Å². The van der Waals surface area contributed by atoms with E-state index in [0.717, 1.165) is 50.3 Å². The van der Waals surface area contributed by atoms with E-state index < -0.39 is 0 Å². The minimum atomic E-state index is -0.342. The molecule has 1 aliphatic rings. The number of piperidine rings is 1. The number of aromatic nitrogens is 2. The molecule has 3 rings (SSSR count). The second kappa shape index (κ2) is 8.94. The molecular formula is C20H27FN4O. The summed E-state index contributed by atoms with van der Waals surface area (Å²) in [5, 5.41) is 3.07. The topological polar surface area (TPSA) is 50.2 Å². The summed E-state index contributed by atoms with van der Waals surface area (Å²) in [5.41, 5.74) is 0.858. The lowest BCUT2D eigenvalue weighted by Crippen LogP contribution is -2.43. The average Bonchev–Trinajstić information content (AvgIpc) is 3.06. The van der Waals surface area contributed by atoms with E-state index >= 15 is 0 Å². The van der Waals surface area contributed by atoms with Crippen molar-refractivity contribution in [2.24, 2.45) is 0 Å². The maximum absolute atomic E-state index is 13.3.